The van der Waals surface area contributed by atoms with E-state index in [0.717, 1.165) is 37.4 Å². The highest BCUT2D eigenvalue weighted by Crippen LogP contribution is 2.25. The van der Waals surface area contributed by atoms with Crippen molar-refractivity contribution in [2.45, 2.75) is 26.5 Å². The first-order valence-corrected chi connectivity index (χ1v) is 10.3. The number of ether oxygens (including phenoxy) is 1. The first-order valence-electron chi connectivity index (χ1n) is 10.3. The van der Waals surface area contributed by atoms with Gasteiger partial charge in [-0.1, -0.05) is 22.4 Å². The minimum Gasteiger partial charge on any atom is -0.488 e. The highest BCUT2D eigenvalue weighted by atomic mass is 19.1. The average molecular weight is 431 g/mol. The molecule has 9 nitrogen and oxygen atoms in total. The fourth-order valence-corrected chi connectivity index (χ4v) is 3.64. The number of aliphatic hydroxyl groups excluding tert-OH is 1. The van der Waals surface area contributed by atoms with Gasteiger partial charge in [-0.2, -0.15) is 4.98 Å². The van der Waals surface area contributed by atoms with Gasteiger partial charge >= 0.3 is 0 Å². The zero-order valence-electron chi connectivity index (χ0n) is 17.6. The van der Waals surface area contributed by atoms with Crippen molar-refractivity contribution >= 4 is 0 Å². The molecular weight excluding hydrogens is 405 g/mol. The van der Waals surface area contributed by atoms with Crippen molar-refractivity contribution in [1.82, 2.24) is 25.1 Å². The normalized spacial score (nSPS) is 16.5. The second-order valence-electron chi connectivity index (χ2n) is 7.69. The molecule has 1 aliphatic heterocycles. The Morgan fingerprint density at radius 3 is 2.55 bits per heavy atom. The monoisotopic (exact) mass is 431 g/mol. The summed E-state index contributed by atoms with van der Waals surface area (Å²) in [6.45, 7) is 7.98. The van der Waals surface area contributed by atoms with E-state index in [1.54, 1.807) is 18.2 Å². The summed E-state index contributed by atoms with van der Waals surface area (Å²) >= 11 is 0. The molecule has 4 rings (SSSR count). The molecule has 0 amide bonds. The van der Waals surface area contributed by atoms with Gasteiger partial charge in [0.15, 0.2) is 17.4 Å². The van der Waals surface area contributed by atoms with Crippen molar-refractivity contribution in [1.29, 1.82) is 0 Å². The first-order chi connectivity index (χ1) is 15.0. The molecule has 1 fully saturated rings. The van der Waals surface area contributed by atoms with Crippen molar-refractivity contribution in [2.75, 3.05) is 39.3 Å². The van der Waals surface area contributed by atoms with E-state index >= 15 is 0 Å². The molecule has 0 aliphatic carbocycles. The Hall–Kier alpha value is -2.82. The van der Waals surface area contributed by atoms with Crippen molar-refractivity contribution in [3.63, 3.8) is 0 Å². The highest BCUT2D eigenvalue weighted by molar-refractivity contribution is 5.57. The Morgan fingerprint density at radius 1 is 1.10 bits per heavy atom. The van der Waals surface area contributed by atoms with Crippen LogP contribution in [0.4, 0.5) is 4.39 Å². The van der Waals surface area contributed by atoms with Crippen LogP contribution < -0.4 is 4.74 Å². The van der Waals surface area contributed by atoms with E-state index in [9.17, 15) is 9.50 Å². The lowest BCUT2D eigenvalue weighted by Crippen LogP contribution is -2.48. The second-order valence-corrected chi connectivity index (χ2v) is 7.69. The Labute approximate surface area is 179 Å². The quantitative estimate of drug-likeness (QED) is 0.574. The lowest BCUT2D eigenvalue weighted by molar-refractivity contribution is 0.0432. The summed E-state index contributed by atoms with van der Waals surface area (Å²) in [5, 5.41) is 18.2. The Bertz CT molecular complexity index is 980. The molecule has 3 aromatic rings. The van der Waals surface area contributed by atoms with Gasteiger partial charge in [-0.3, -0.25) is 9.80 Å². The van der Waals surface area contributed by atoms with E-state index in [4.69, 9.17) is 13.8 Å². The van der Waals surface area contributed by atoms with Crippen molar-refractivity contribution < 1.29 is 23.3 Å². The van der Waals surface area contributed by atoms with Gasteiger partial charge in [-0.15, -0.1) is 0 Å². The van der Waals surface area contributed by atoms with E-state index in [1.807, 2.05) is 13.8 Å². The molecule has 1 atom stereocenters. The minimum atomic E-state index is -0.694. The summed E-state index contributed by atoms with van der Waals surface area (Å²) in [6.07, 6.45) is -0.694. The molecular formula is C21H26FN5O4. The summed E-state index contributed by atoms with van der Waals surface area (Å²) in [5.41, 5.74) is 1.47. The van der Waals surface area contributed by atoms with Crippen molar-refractivity contribution in [3.05, 3.63) is 47.4 Å². The number of halogens is 1. The lowest BCUT2D eigenvalue weighted by atomic mass is 10.2. The zero-order valence-corrected chi connectivity index (χ0v) is 17.6. The number of aromatic nitrogens is 3. The maximum Gasteiger partial charge on any atom is 0.263 e. The van der Waals surface area contributed by atoms with E-state index in [-0.39, 0.29) is 12.4 Å². The molecule has 3 heterocycles. The van der Waals surface area contributed by atoms with Crippen LogP contribution in [0.3, 0.4) is 0 Å². The molecule has 1 N–H and O–H groups in total. The van der Waals surface area contributed by atoms with E-state index in [0.29, 0.717) is 30.6 Å². The average Bonchev–Trinajstić information content (AvgIpc) is 3.34. The minimum absolute atomic E-state index is 0.0501. The van der Waals surface area contributed by atoms with E-state index in [2.05, 4.69) is 25.1 Å². The molecule has 0 unspecified atom stereocenters. The molecule has 166 valence electrons. The van der Waals surface area contributed by atoms with Gasteiger partial charge in [0, 0.05) is 32.7 Å². The predicted octanol–water partition coefficient (Wildman–Crippen LogP) is 2.04. The van der Waals surface area contributed by atoms with Crippen molar-refractivity contribution in [2.24, 2.45) is 0 Å². The van der Waals surface area contributed by atoms with Gasteiger partial charge < -0.3 is 18.9 Å². The van der Waals surface area contributed by atoms with Crippen LogP contribution in [0.15, 0.2) is 33.3 Å². The topological polar surface area (TPSA) is 101 Å². The van der Waals surface area contributed by atoms with Gasteiger partial charge in [0.1, 0.15) is 24.0 Å². The fourth-order valence-electron chi connectivity index (χ4n) is 3.64. The summed E-state index contributed by atoms with van der Waals surface area (Å²) in [7, 11) is 0. The predicted molar refractivity (Wildman–Crippen MR) is 109 cm³/mol. The second kappa shape index (κ2) is 9.54. The smallest absolute Gasteiger partial charge is 0.263 e. The zero-order chi connectivity index (χ0) is 21.8. The summed E-state index contributed by atoms with van der Waals surface area (Å²) in [4.78, 5) is 8.88. The SMILES string of the molecule is Cc1noc(C)c1-c1nc(CN2CCN(C[C@H](O)COc3ccccc3F)CC2)no1. The highest BCUT2D eigenvalue weighted by Gasteiger charge is 2.23. The Morgan fingerprint density at radius 2 is 1.84 bits per heavy atom. The standard InChI is InChI=1S/C21H26FN5O4/c1-14-20(15(2)30-24-14)21-23-19(25-31-21)12-27-9-7-26(8-10-27)11-16(28)13-29-18-6-4-3-5-17(18)22/h3-6,16,28H,7-13H2,1-2H3/t16-/m0/s1. The van der Waals surface area contributed by atoms with Crippen LogP contribution in [0.25, 0.3) is 11.5 Å². The molecule has 31 heavy (non-hydrogen) atoms. The number of nitrogens with zero attached hydrogens (tertiary/aromatic N) is 5. The van der Waals surface area contributed by atoms with Gasteiger partial charge in [0.05, 0.1) is 12.2 Å². The molecule has 1 saturated heterocycles. The van der Waals surface area contributed by atoms with Gasteiger partial charge in [-0.25, -0.2) is 4.39 Å². The number of β-amino-alcohol motifs (C(OH)–C–C–N with tert-alkyl or cyclic N) is 1. The maximum absolute atomic E-state index is 13.6. The fraction of sp³-hybridized carbons (Fsp3) is 0.476. The van der Waals surface area contributed by atoms with Crippen LogP contribution in [-0.2, 0) is 6.54 Å². The van der Waals surface area contributed by atoms with Crippen LogP contribution in [0.2, 0.25) is 0 Å². The number of hydrogen-bond acceptors (Lipinski definition) is 9. The molecule has 0 radical (unpaired) electrons. The van der Waals surface area contributed by atoms with Crippen LogP contribution in [-0.4, -0.2) is 75.6 Å². The van der Waals surface area contributed by atoms with Crippen LogP contribution in [0, 0.1) is 19.7 Å². The van der Waals surface area contributed by atoms with E-state index < -0.39 is 11.9 Å². The molecule has 0 bridgehead atoms. The number of hydrogen-bond donors (Lipinski definition) is 1. The van der Waals surface area contributed by atoms with Gasteiger partial charge in [0.25, 0.3) is 5.89 Å². The molecule has 2 aromatic heterocycles. The molecule has 10 heteroatoms. The first kappa shape index (κ1) is 21.4. The number of rotatable bonds is 8. The third kappa shape index (κ3) is 5.27. The lowest BCUT2D eigenvalue weighted by Gasteiger charge is -2.34. The summed E-state index contributed by atoms with van der Waals surface area (Å²) in [5.74, 6) is 1.41. The molecule has 0 saturated carbocycles. The number of para-hydroxylation sites is 1. The Balaban J connectivity index is 1.22. The molecule has 0 spiro atoms. The number of piperazine rings is 1. The molecule has 1 aliphatic rings. The Kier molecular flexibility index (Phi) is 6.59. The van der Waals surface area contributed by atoms with Gasteiger partial charge in [-0.05, 0) is 26.0 Å². The number of benzene rings is 1. The van der Waals surface area contributed by atoms with Crippen LogP contribution in [0.1, 0.15) is 17.3 Å². The van der Waals surface area contributed by atoms with Gasteiger partial charge in [0.2, 0.25) is 0 Å². The largest absolute Gasteiger partial charge is 0.488 e. The van der Waals surface area contributed by atoms with Crippen LogP contribution >= 0.6 is 0 Å². The molecule has 1 aromatic carbocycles. The van der Waals surface area contributed by atoms with E-state index in [1.165, 1.54) is 6.07 Å². The summed E-state index contributed by atoms with van der Waals surface area (Å²) < 4.78 is 29.5. The summed E-state index contributed by atoms with van der Waals surface area (Å²) in [6, 6.07) is 6.19. The third-order valence-electron chi connectivity index (χ3n) is 5.28. The number of aryl methyl sites for hydroxylation is 2. The van der Waals surface area contributed by atoms with Crippen molar-refractivity contribution in [3.8, 4) is 17.2 Å². The maximum atomic E-state index is 13.6. The number of aliphatic hydroxyl groups is 1. The third-order valence-corrected chi connectivity index (χ3v) is 5.28. The van der Waals surface area contributed by atoms with Crippen LogP contribution in [0.5, 0.6) is 5.75 Å².